The molecule has 0 aromatic rings. The van der Waals surface area contributed by atoms with Crippen molar-refractivity contribution in [1.82, 2.24) is 8.61 Å². The molecule has 0 aliphatic carbocycles. The molecule has 2 aliphatic heterocycles. The predicted molar refractivity (Wildman–Crippen MR) is 75.4 cm³/mol. The van der Waals surface area contributed by atoms with Crippen molar-refractivity contribution >= 4 is 16.2 Å². The molecule has 0 bridgehead atoms. The van der Waals surface area contributed by atoms with Crippen LogP contribution in [-0.2, 0) is 15.0 Å². The molecule has 2 atom stereocenters. The van der Waals surface area contributed by atoms with Gasteiger partial charge in [0.05, 0.1) is 5.92 Å². The topological polar surface area (TPSA) is 77.9 Å². The first-order valence-corrected chi connectivity index (χ1v) is 8.79. The molecule has 6 nitrogen and oxygen atoms in total. The van der Waals surface area contributed by atoms with Gasteiger partial charge in [-0.05, 0) is 25.2 Å². The molecule has 0 aromatic carbocycles. The summed E-state index contributed by atoms with van der Waals surface area (Å²) in [7, 11) is -3.50. The van der Waals surface area contributed by atoms with Crippen LogP contribution < -0.4 is 0 Å². The van der Waals surface area contributed by atoms with Crippen molar-refractivity contribution in [3.8, 4) is 0 Å². The minimum Gasteiger partial charge on any atom is -0.481 e. The maximum absolute atomic E-state index is 12.7. The first kappa shape index (κ1) is 15.7. The summed E-state index contributed by atoms with van der Waals surface area (Å²) in [6, 6.07) is 0. The van der Waals surface area contributed by atoms with Crippen LogP contribution in [0.4, 0.5) is 0 Å². The molecular formula is C13H24N2O4S. The van der Waals surface area contributed by atoms with Crippen LogP contribution in [0.5, 0.6) is 0 Å². The van der Waals surface area contributed by atoms with E-state index in [1.165, 1.54) is 8.61 Å². The number of nitrogens with zero attached hydrogens (tertiary/aromatic N) is 2. The van der Waals surface area contributed by atoms with Crippen molar-refractivity contribution < 1.29 is 18.3 Å². The van der Waals surface area contributed by atoms with Gasteiger partial charge in [0.1, 0.15) is 0 Å². The van der Waals surface area contributed by atoms with Gasteiger partial charge in [0, 0.05) is 26.2 Å². The molecule has 7 heteroatoms. The zero-order valence-electron chi connectivity index (χ0n) is 12.0. The Balaban J connectivity index is 2.12. The molecule has 0 saturated carbocycles. The minimum absolute atomic E-state index is 0.0894. The maximum atomic E-state index is 12.7. The van der Waals surface area contributed by atoms with Crippen LogP contribution in [0.2, 0.25) is 0 Å². The molecule has 0 aromatic heterocycles. The summed E-state index contributed by atoms with van der Waals surface area (Å²) in [5.74, 6) is -1.39. The van der Waals surface area contributed by atoms with E-state index < -0.39 is 22.1 Å². The van der Waals surface area contributed by atoms with Crippen molar-refractivity contribution in [2.45, 2.75) is 39.0 Å². The lowest BCUT2D eigenvalue weighted by molar-refractivity contribution is -0.143. The molecule has 2 heterocycles. The number of aliphatic carboxylic acids is 1. The molecule has 0 radical (unpaired) electrons. The van der Waals surface area contributed by atoms with Crippen LogP contribution in [0.25, 0.3) is 0 Å². The summed E-state index contributed by atoms with van der Waals surface area (Å²) in [6.07, 6.45) is 4.48. The van der Waals surface area contributed by atoms with Gasteiger partial charge in [-0.25, -0.2) is 0 Å². The second-order valence-electron chi connectivity index (χ2n) is 6.01. The van der Waals surface area contributed by atoms with Crippen LogP contribution >= 0.6 is 0 Å². The van der Waals surface area contributed by atoms with E-state index in [1.807, 2.05) is 6.92 Å². The smallest absolute Gasteiger partial charge is 0.307 e. The highest BCUT2D eigenvalue weighted by Crippen LogP contribution is 2.26. The van der Waals surface area contributed by atoms with Crippen molar-refractivity contribution in [1.29, 1.82) is 0 Å². The number of carboxylic acid groups (broad SMARTS) is 1. The van der Waals surface area contributed by atoms with Crippen LogP contribution in [0.15, 0.2) is 0 Å². The highest BCUT2D eigenvalue weighted by molar-refractivity contribution is 7.86. The summed E-state index contributed by atoms with van der Waals surface area (Å²) in [5.41, 5.74) is 0. The molecule has 116 valence electrons. The second kappa shape index (κ2) is 6.41. The zero-order chi connectivity index (χ0) is 14.8. The first-order valence-electron chi connectivity index (χ1n) is 7.39. The average Bonchev–Trinajstić information content (AvgIpc) is 2.67. The average molecular weight is 304 g/mol. The Kier molecular flexibility index (Phi) is 5.04. The van der Waals surface area contributed by atoms with Gasteiger partial charge in [-0.2, -0.15) is 17.0 Å². The summed E-state index contributed by atoms with van der Waals surface area (Å²) in [5, 5.41) is 9.16. The Morgan fingerprint density at radius 1 is 1.05 bits per heavy atom. The van der Waals surface area contributed by atoms with E-state index in [0.29, 0.717) is 26.1 Å². The third-order valence-corrected chi connectivity index (χ3v) is 6.16. The third kappa shape index (κ3) is 3.51. The normalized spacial score (nSPS) is 30.9. The lowest BCUT2D eigenvalue weighted by Crippen LogP contribution is -2.51. The number of hydrogen-bond acceptors (Lipinski definition) is 3. The van der Waals surface area contributed by atoms with E-state index in [4.69, 9.17) is 5.11 Å². The minimum atomic E-state index is -3.50. The van der Waals surface area contributed by atoms with Crippen molar-refractivity contribution in [2.75, 3.05) is 26.2 Å². The van der Waals surface area contributed by atoms with E-state index >= 15 is 0 Å². The molecule has 2 rings (SSSR count). The fourth-order valence-electron chi connectivity index (χ4n) is 3.11. The van der Waals surface area contributed by atoms with Crippen molar-refractivity contribution in [3.05, 3.63) is 0 Å². The van der Waals surface area contributed by atoms with Gasteiger partial charge in [-0.3, -0.25) is 4.79 Å². The molecule has 2 aliphatic rings. The summed E-state index contributed by atoms with van der Waals surface area (Å²) < 4.78 is 28.3. The van der Waals surface area contributed by atoms with E-state index in [9.17, 15) is 13.2 Å². The van der Waals surface area contributed by atoms with Crippen LogP contribution in [0.1, 0.15) is 39.0 Å². The highest BCUT2D eigenvalue weighted by atomic mass is 32.2. The van der Waals surface area contributed by atoms with Gasteiger partial charge in [-0.1, -0.05) is 19.8 Å². The van der Waals surface area contributed by atoms with Gasteiger partial charge in [0.2, 0.25) is 0 Å². The van der Waals surface area contributed by atoms with Gasteiger partial charge in [-0.15, -0.1) is 0 Å². The SMILES string of the molecule is CC1CC(C(=O)O)CN(S(=O)(=O)N2CCCCCC2)C1. The fraction of sp³-hybridized carbons (Fsp3) is 0.923. The largest absolute Gasteiger partial charge is 0.481 e. The third-order valence-electron chi connectivity index (χ3n) is 4.19. The van der Waals surface area contributed by atoms with Gasteiger partial charge in [0.15, 0.2) is 0 Å². The zero-order valence-corrected chi connectivity index (χ0v) is 12.8. The molecule has 2 fully saturated rings. The van der Waals surface area contributed by atoms with Crippen LogP contribution in [-0.4, -0.2) is 54.3 Å². The quantitative estimate of drug-likeness (QED) is 0.848. The van der Waals surface area contributed by atoms with Crippen LogP contribution in [0.3, 0.4) is 0 Å². The number of hydrogen-bond donors (Lipinski definition) is 1. The first-order chi connectivity index (χ1) is 9.41. The molecular weight excluding hydrogens is 280 g/mol. The molecule has 1 N–H and O–H groups in total. The second-order valence-corrected chi connectivity index (χ2v) is 7.94. The predicted octanol–water partition coefficient (Wildman–Crippen LogP) is 1.15. The summed E-state index contributed by atoms with van der Waals surface area (Å²) >= 11 is 0. The fourth-order valence-corrected chi connectivity index (χ4v) is 4.96. The lowest BCUT2D eigenvalue weighted by Gasteiger charge is -2.36. The van der Waals surface area contributed by atoms with E-state index in [-0.39, 0.29) is 12.5 Å². The summed E-state index contributed by atoms with van der Waals surface area (Å²) in [6.45, 7) is 3.58. The standard InChI is InChI=1S/C13H24N2O4S/c1-11-8-12(13(16)17)10-15(9-11)20(18,19)14-6-4-2-3-5-7-14/h11-12H,2-10H2,1H3,(H,16,17). The molecule has 2 saturated heterocycles. The Hall–Kier alpha value is -0.660. The van der Waals surface area contributed by atoms with E-state index in [0.717, 1.165) is 25.7 Å². The highest BCUT2D eigenvalue weighted by Gasteiger charge is 2.38. The molecule has 20 heavy (non-hydrogen) atoms. The number of rotatable bonds is 3. The molecule has 0 spiro atoms. The maximum Gasteiger partial charge on any atom is 0.307 e. The Labute approximate surface area is 120 Å². The van der Waals surface area contributed by atoms with E-state index in [2.05, 4.69) is 0 Å². The Bertz CT molecular complexity index is 443. The number of piperidine rings is 1. The number of carboxylic acids is 1. The lowest BCUT2D eigenvalue weighted by atomic mass is 9.92. The van der Waals surface area contributed by atoms with E-state index in [1.54, 1.807) is 0 Å². The van der Waals surface area contributed by atoms with Gasteiger partial charge in [0.25, 0.3) is 10.2 Å². The monoisotopic (exact) mass is 304 g/mol. The number of carbonyl (C=O) groups is 1. The van der Waals surface area contributed by atoms with Crippen molar-refractivity contribution in [2.24, 2.45) is 11.8 Å². The van der Waals surface area contributed by atoms with Gasteiger partial charge >= 0.3 is 5.97 Å². The molecule has 2 unspecified atom stereocenters. The van der Waals surface area contributed by atoms with Gasteiger partial charge < -0.3 is 5.11 Å². The Morgan fingerprint density at radius 2 is 1.65 bits per heavy atom. The van der Waals surface area contributed by atoms with Crippen molar-refractivity contribution in [3.63, 3.8) is 0 Å². The Morgan fingerprint density at radius 3 is 2.20 bits per heavy atom. The van der Waals surface area contributed by atoms with Crippen LogP contribution in [0, 0.1) is 11.8 Å². The summed E-state index contributed by atoms with van der Waals surface area (Å²) in [4.78, 5) is 11.2. The molecule has 0 amide bonds.